The Kier molecular flexibility index (Phi) is 6.85. The van der Waals surface area contributed by atoms with Gasteiger partial charge in [-0.2, -0.15) is 0 Å². The molecule has 1 fully saturated rings. The number of amides is 3. The van der Waals surface area contributed by atoms with Gasteiger partial charge in [-0.15, -0.1) is 0 Å². The smallest absolute Gasteiger partial charge is 0.323 e. The monoisotopic (exact) mass is 396 g/mol. The van der Waals surface area contributed by atoms with Gasteiger partial charge in [0.2, 0.25) is 5.91 Å². The number of carbonyl (C=O) groups excluding carboxylic acids is 2. The van der Waals surface area contributed by atoms with E-state index in [0.29, 0.717) is 38.3 Å². The zero-order chi connectivity index (χ0) is 20.7. The summed E-state index contributed by atoms with van der Waals surface area (Å²) in [6.07, 6.45) is 1.28. The van der Waals surface area contributed by atoms with E-state index in [1.165, 1.54) is 0 Å². The van der Waals surface area contributed by atoms with Crippen molar-refractivity contribution in [3.63, 3.8) is 0 Å². The number of hydrogen-bond donors (Lipinski definition) is 4. The summed E-state index contributed by atoms with van der Waals surface area (Å²) in [5, 5.41) is 8.64. The molecule has 154 valence electrons. The van der Waals surface area contributed by atoms with Crippen LogP contribution in [0.5, 0.6) is 0 Å². The Bertz CT molecular complexity index is 818. The molecule has 1 atom stereocenters. The second kappa shape index (κ2) is 9.54. The SMILES string of the molecule is CC(NC(=O)C1(CN)CCOCC1)c1ccc(NC(=O)Nc2ccccc2)cc1. The number of nitrogens with one attached hydrogen (secondary N) is 3. The van der Waals surface area contributed by atoms with Crippen molar-refractivity contribution in [2.75, 3.05) is 30.4 Å². The first-order chi connectivity index (χ1) is 14.0. The van der Waals surface area contributed by atoms with E-state index in [1.807, 2.05) is 61.5 Å². The van der Waals surface area contributed by atoms with Crippen molar-refractivity contribution in [1.29, 1.82) is 0 Å². The van der Waals surface area contributed by atoms with Gasteiger partial charge in [-0.25, -0.2) is 4.79 Å². The van der Waals surface area contributed by atoms with Gasteiger partial charge in [0.15, 0.2) is 0 Å². The number of urea groups is 1. The number of nitrogens with two attached hydrogens (primary N) is 1. The van der Waals surface area contributed by atoms with Crippen LogP contribution in [0.2, 0.25) is 0 Å². The Hall–Kier alpha value is -2.90. The lowest BCUT2D eigenvalue weighted by Gasteiger charge is -2.35. The highest BCUT2D eigenvalue weighted by molar-refractivity contribution is 5.99. The average Bonchev–Trinajstić information content (AvgIpc) is 2.75. The summed E-state index contributed by atoms with van der Waals surface area (Å²) >= 11 is 0. The molecule has 0 saturated carbocycles. The summed E-state index contributed by atoms with van der Waals surface area (Å²) in [6.45, 7) is 3.37. The maximum atomic E-state index is 12.8. The summed E-state index contributed by atoms with van der Waals surface area (Å²) < 4.78 is 5.37. The first-order valence-corrected chi connectivity index (χ1v) is 9.84. The lowest BCUT2D eigenvalue weighted by atomic mass is 9.79. The number of rotatable bonds is 6. The molecule has 7 nitrogen and oxygen atoms in total. The van der Waals surface area contributed by atoms with E-state index in [-0.39, 0.29) is 18.0 Å². The van der Waals surface area contributed by atoms with Crippen LogP contribution in [-0.4, -0.2) is 31.7 Å². The van der Waals surface area contributed by atoms with Crippen molar-refractivity contribution in [3.05, 3.63) is 60.2 Å². The van der Waals surface area contributed by atoms with E-state index < -0.39 is 5.41 Å². The van der Waals surface area contributed by atoms with Crippen LogP contribution in [0, 0.1) is 5.41 Å². The third-order valence-electron chi connectivity index (χ3n) is 5.37. The van der Waals surface area contributed by atoms with Crippen LogP contribution >= 0.6 is 0 Å². The molecule has 2 aromatic carbocycles. The van der Waals surface area contributed by atoms with Crippen LogP contribution in [0.4, 0.5) is 16.2 Å². The topological polar surface area (TPSA) is 105 Å². The maximum Gasteiger partial charge on any atom is 0.323 e. The molecule has 1 unspecified atom stereocenters. The first kappa shape index (κ1) is 20.8. The molecule has 1 aliphatic rings. The number of carbonyl (C=O) groups is 2. The summed E-state index contributed by atoms with van der Waals surface area (Å²) in [6, 6.07) is 16.2. The summed E-state index contributed by atoms with van der Waals surface area (Å²) in [4.78, 5) is 24.9. The number of hydrogen-bond acceptors (Lipinski definition) is 4. The number of anilines is 2. The van der Waals surface area contributed by atoms with Crippen LogP contribution in [0.15, 0.2) is 54.6 Å². The van der Waals surface area contributed by atoms with Gasteiger partial charge in [0.05, 0.1) is 11.5 Å². The number of benzene rings is 2. The molecule has 0 aliphatic carbocycles. The second-order valence-corrected chi connectivity index (χ2v) is 7.36. The second-order valence-electron chi connectivity index (χ2n) is 7.36. The molecular formula is C22H28N4O3. The highest BCUT2D eigenvalue weighted by Crippen LogP contribution is 2.30. The fourth-order valence-electron chi connectivity index (χ4n) is 3.39. The zero-order valence-corrected chi connectivity index (χ0v) is 16.6. The van der Waals surface area contributed by atoms with Crippen LogP contribution < -0.4 is 21.7 Å². The molecule has 29 heavy (non-hydrogen) atoms. The standard InChI is InChI=1S/C22H28N4O3/c1-16(24-20(27)22(15-23)11-13-29-14-12-22)17-7-9-19(10-8-17)26-21(28)25-18-5-3-2-4-6-18/h2-10,16H,11-15,23H2,1H3,(H,24,27)(H2,25,26,28). The minimum Gasteiger partial charge on any atom is -0.381 e. The van der Waals surface area contributed by atoms with Gasteiger partial charge >= 0.3 is 6.03 Å². The molecule has 2 aromatic rings. The Labute approximate surface area is 171 Å². The van der Waals surface area contributed by atoms with Crippen molar-refractivity contribution in [2.24, 2.45) is 11.1 Å². The van der Waals surface area contributed by atoms with Gasteiger partial charge in [-0.3, -0.25) is 4.79 Å². The quantitative estimate of drug-likeness (QED) is 0.601. The molecular weight excluding hydrogens is 368 g/mol. The Morgan fingerprint density at radius 1 is 1.00 bits per heavy atom. The van der Waals surface area contributed by atoms with Gasteiger partial charge in [0.1, 0.15) is 0 Å². The predicted molar refractivity (Wildman–Crippen MR) is 114 cm³/mol. The highest BCUT2D eigenvalue weighted by Gasteiger charge is 2.39. The largest absolute Gasteiger partial charge is 0.381 e. The van der Waals surface area contributed by atoms with E-state index in [1.54, 1.807) is 0 Å². The lowest BCUT2D eigenvalue weighted by molar-refractivity contribution is -0.136. The molecule has 3 rings (SSSR count). The Morgan fingerprint density at radius 2 is 1.59 bits per heavy atom. The minimum absolute atomic E-state index is 0.0276. The summed E-state index contributed by atoms with van der Waals surface area (Å²) in [7, 11) is 0. The van der Waals surface area contributed by atoms with E-state index in [0.717, 1.165) is 11.3 Å². The predicted octanol–water partition coefficient (Wildman–Crippen LogP) is 3.26. The molecule has 0 spiro atoms. The number of ether oxygens (including phenoxy) is 1. The maximum absolute atomic E-state index is 12.8. The van der Waals surface area contributed by atoms with Crippen molar-refractivity contribution < 1.29 is 14.3 Å². The van der Waals surface area contributed by atoms with Crippen LogP contribution in [0.1, 0.15) is 31.4 Å². The van der Waals surface area contributed by atoms with Crippen molar-refractivity contribution in [1.82, 2.24) is 5.32 Å². The summed E-state index contributed by atoms with van der Waals surface area (Å²) in [5.41, 5.74) is 7.70. The van der Waals surface area contributed by atoms with Gasteiger partial charge in [0, 0.05) is 31.1 Å². The van der Waals surface area contributed by atoms with E-state index in [2.05, 4.69) is 16.0 Å². The van der Waals surface area contributed by atoms with E-state index >= 15 is 0 Å². The molecule has 7 heteroatoms. The van der Waals surface area contributed by atoms with Crippen molar-refractivity contribution in [3.8, 4) is 0 Å². The fraction of sp³-hybridized carbons (Fsp3) is 0.364. The normalized spacial score (nSPS) is 16.5. The third kappa shape index (κ3) is 5.34. The molecule has 0 bridgehead atoms. The van der Waals surface area contributed by atoms with Crippen LogP contribution in [0.3, 0.4) is 0 Å². The van der Waals surface area contributed by atoms with E-state index in [4.69, 9.17) is 10.5 Å². The van der Waals surface area contributed by atoms with Gasteiger partial charge in [-0.05, 0) is 49.6 Å². The van der Waals surface area contributed by atoms with Gasteiger partial charge in [-0.1, -0.05) is 30.3 Å². The minimum atomic E-state index is -0.552. The molecule has 0 aromatic heterocycles. The third-order valence-corrected chi connectivity index (χ3v) is 5.37. The molecule has 0 radical (unpaired) electrons. The molecule has 3 amide bonds. The molecule has 1 heterocycles. The molecule has 1 saturated heterocycles. The Balaban J connectivity index is 1.56. The van der Waals surface area contributed by atoms with Crippen LogP contribution in [-0.2, 0) is 9.53 Å². The number of para-hydroxylation sites is 1. The summed E-state index contributed by atoms with van der Waals surface area (Å²) in [5.74, 6) is -0.0276. The van der Waals surface area contributed by atoms with E-state index in [9.17, 15) is 9.59 Å². The van der Waals surface area contributed by atoms with Crippen molar-refractivity contribution in [2.45, 2.75) is 25.8 Å². The Morgan fingerprint density at radius 3 is 2.17 bits per heavy atom. The van der Waals surface area contributed by atoms with Gasteiger partial charge in [0.25, 0.3) is 0 Å². The highest BCUT2D eigenvalue weighted by atomic mass is 16.5. The average molecular weight is 396 g/mol. The zero-order valence-electron chi connectivity index (χ0n) is 16.6. The van der Waals surface area contributed by atoms with Crippen molar-refractivity contribution >= 4 is 23.3 Å². The fourth-order valence-corrected chi connectivity index (χ4v) is 3.39. The lowest BCUT2D eigenvalue weighted by Crippen LogP contribution is -2.49. The van der Waals surface area contributed by atoms with Gasteiger partial charge < -0.3 is 26.4 Å². The first-order valence-electron chi connectivity index (χ1n) is 9.84. The molecule has 5 N–H and O–H groups in total. The molecule has 1 aliphatic heterocycles. The van der Waals surface area contributed by atoms with Crippen LogP contribution in [0.25, 0.3) is 0 Å².